The molecule has 108 valence electrons. The third-order valence-electron chi connectivity index (χ3n) is 2.48. The van der Waals surface area contributed by atoms with E-state index in [0.717, 1.165) is 0 Å². The summed E-state index contributed by atoms with van der Waals surface area (Å²) in [4.78, 5) is 38.7. The van der Waals surface area contributed by atoms with Gasteiger partial charge in [0.2, 0.25) is 0 Å². The SMILES string of the molecule is COC(=O)CCN(C)C(=O)Nc1cccnc1C(=O)O. The number of aromatic nitrogens is 1. The van der Waals surface area contributed by atoms with Crippen LogP contribution in [0.15, 0.2) is 18.3 Å². The highest BCUT2D eigenvalue weighted by Crippen LogP contribution is 2.12. The molecule has 0 fully saturated rings. The Hall–Kier alpha value is -2.64. The van der Waals surface area contributed by atoms with Crippen molar-refractivity contribution in [3.05, 3.63) is 24.0 Å². The number of carboxylic acid groups (broad SMARTS) is 1. The first-order valence-electron chi connectivity index (χ1n) is 5.73. The van der Waals surface area contributed by atoms with E-state index in [-0.39, 0.29) is 24.3 Å². The molecule has 2 N–H and O–H groups in total. The molecule has 1 aromatic rings. The number of aromatic carboxylic acids is 1. The summed E-state index contributed by atoms with van der Waals surface area (Å²) >= 11 is 0. The predicted molar refractivity (Wildman–Crippen MR) is 69.5 cm³/mol. The lowest BCUT2D eigenvalue weighted by atomic mass is 10.3. The summed E-state index contributed by atoms with van der Waals surface area (Å²) in [5.74, 6) is -1.67. The molecule has 0 unspecified atom stereocenters. The molecule has 0 spiro atoms. The number of hydrogen-bond donors (Lipinski definition) is 2. The summed E-state index contributed by atoms with van der Waals surface area (Å²) in [5, 5.41) is 11.4. The minimum atomic E-state index is -1.24. The normalized spacial score (nSPS) is 9.70. The van der Waals surface area contributed by atoms with E-state index in [9.17, 15) is 14.4 Å². The topological polar surface area (TPSA) is 109 Å². The molecular weight excluding hydrogens is 266 g/mol. The molecule has 8 heteroatoms. The Labute approximate surface area is 115 Å². The van der Waals surface area contributed by atoms with E-state index in [1.165, 1.54) is 37.4 Å². The second kappa shape index (κ2) is 7.07. The zero-order valence-corrected chi connectivity index (χ0v) is 11.1. The predicted octanol–water partition coefficient (Wildman–Crippen LogP) is 0.807. The molecule has 0 saturated carbocycles. The molecule has 0 aliphatic rings. The highest BCUT2D eigenvalue weighted by Gasteiger charge is 2.16. The van der Waals surface area contributed by atoms with Crippen molar-refractivity contribution in [1.29, 1.82) is 0 Å². The Bertz CT molecular complexity index is 518. The molecule has 1 aromatic heterocycles. The van der Waals surface area contributed by atoms with E-state index < -0.39 is 18.0 Å². The van der Waals surface area contributed by atoms with Crippen LogP contribution in [0.25, 0.3) is 0 Å². The van der Waals surface area contributed by atoms with Crippen LogP contribution < -0.4 is 5.32 Å². The van der Waals surface area contributed by atoms with Crippen molar-refractivity contribution in [2.75, 3.05) is 26.0 Å². The van der Waals surface area contributed by atoms with Gasteiger partial charge in [-0.15, -0.1) is 0 Å². The van der Waals surface area contributed by atoms with Crippen molar-refractivity contribution in [1.82, 2.24) is 9.88 Å². The quantitative estimate of drug-likeness (QED) is 0.773. The van der Waals surface area contributed by atoms with Crippen molar-refractivity contribution >= 4 is 23.7 Å². The van der Waals surface area contributed by atoms with Crippen molar-refractivity contribution in [2.24, 2.45) is 0 Å². The smallest absolute Gasteiger partial charge is 0.356 e. The standard InChI is InChI=1S/C12H15N3O5/c1-15(7-5-9(16)20-2)12(19)14-8-4-3-6-13-10(8)11(17)18/h3-4,6H,5,7H2,1-2H3,(H,14,19)(H,17,18). The van der Waals surface area contributed by atoms with Crippen LogP contribution in [-0.2, 0) is 9.53 Å². The second-order valence-corrected chi connectivity index (χ2v) is 3.88. The molecule has 8 nitrogen and oxygen atoms in total. The summed E-state index contributed by atoms with van der Waals surface area (Å²) < 4.78 is 4.46. The number of pyridine rings is 1. The largest absolute Gasteiger partial charge is 0.476 e. The minimum Gasteiger partial charge on any atom is -0.476 e. The fourth-order valence-electron chi connectivity index (χ4n) is 1.35. The first kappa shape index (κ1) is 15.4. The van der Waals surface area contributed by atoms with Crippen LogP contribution in [0.5, 0.6) is 0 Å². The monoisotopic (exact) mass is 281 g/mol. The number of hydrogen-bond acceptors (Lipinski definition) is 5. The molecule has 1 heterocycles. The van der Waals surface area contributed by atoms with Gasteiger partial charge in [0.25, 0.3) is 0 Å². The van der Waals surface area contributed by atoms with E-state index in [1.807, 2.05) is 0 Å². The molecule has 0 aliphatic heterocycles. The van der Waals surface area contributed by atoms with Gasteiger partial charge in [-0.05, 0) is 12.1 Å². The number of rotatable bonds is 5. The van der Waals surface area contributed by atoms with Gasteiger partial charge in [0.15, 0.2) is 5.69 Å². The minimum absolute atomic E-state index is 0.0548. The van der Waals surface area contributed by atoms with Gasteiger partial charge < -0.3 is 20.1 Å². The summed E-state index contributed by atoms with van der Waals surface area (Å²) in [6.45, 7) is 0.154. The molecule has 0 bridgehead atoms. The average molecular weight is 281 g/mol. The number of ether oxygens (including phenoxy) is 1. The molecule has 0 aromatic carbocycles. The summed E-state index contributed by atoms with van der Waals surface area (Å²) in [7, 11) is 2.74. The van der Waals surface area contributed by atoms with Gasteiger partial charge in [-0.3, -0.25) is 4.79 Å². The highest BCUT2D eigenvalue weighted by molar-refractivity contribution is 5.98. The molecular formula is C12H15N3O5. The Morgan fingerprint density at radius 2 is 2.15 bits per heavy atom. The Balaban J connectivity index is 2.66. The van der Waals surface area contributed by atoms with Crippen LogP contribution in [0.2, 0.25) is 0 Å². The van der Waals surface area contributed by atoms with Crippen molar-refractivity contribution in [2.45, 2.75) is 6.42 Å². The number of carbonyl (C=O) groups excluding carboxylic acids is 2. The number of nitrogens with zero attached hydrogens (tertiary/aromatic N) is 2. The number of carbonyl (C=O) groups is 3. The second-order valence-electron chi connectivity index (χ2n) is 3.88. The summed E-state index contributed by atoms with van der Waals surface area (Å²) in [5.41, 5.74) is -0.155. The van der Waals surface area contributed by atoms with Gasteiger partial charge in [-0.2, -0.15) is 0 Å². The van der Waals surface area contributed by atoms with Gasteiger partial charge in [0.1, 0.15) is 0 Å². The highest BCUT2D eigenvalue weighted by atomic mass is 16.5. The number of anilines is 1. The molecule has 0 atom stereocenters. The number of carboxylic acids is 1. The van der Waals surface area contributed by atoms with Gasteiger partial charge in [0, 0.05) is 19.8 Å². The van der Waals surface area contributed by atoms with Crippen molar-refractivity contribution in [3.63, 3.8) is 0 Å². The van der Waals surface area contributed by atoms with E-state index >= 15 is 0 Å². The van der Waals surface area contributed by atoms with E-state index in [2.05, 4.69) is 15.0 Å². The van der Waals surface area contributed by atoms with Crippen LogP contribution in [0.1, 0.15) is 16.9 Å². The number of nitrogens with one attached hydrogen (secondary N) is 1. The summed E-state index contributed by atoms with van der Waals surface area (Å²) in [6, 6.07) is 2.41. The van der Waals surface area contributed by atoms with Gasteiger partial charge in [0.05, 0.1) is 19.2 Å². The lowest BCUT2D eigenvalue weighted by Gasteiger charge is -2.17. The van der Waals surface area contributed by atoms with E-state index in [4.69, 9.17) is 5.11 Å². The lowest BCUT2D eigenvalue weighted by molar-refractivity contribution is -0.140. The Morgan fingerprint density at radius 3 is 2.75 bits per heavy atom. The third-order valence-corrected chi connectivity index (χ3v) is 2.48. The maximum absolute atomic E-state index is 11.8. The zero-order chi connectivity index (χ0) is 15.1. The van der Waals surface area contributed by atoms with Crippen LogP contribution in [0.3, 0.4) is 0 Å². The van der Waals surface area contributed by atoms with Crippen LogP contribution in [-0.4, -0.2) is 53.7 Å². The molecule has 1 rings (SSSR count). The first-order valence-corrected chi connectivity index (χ1v) is 5.73. The fourth-order valence-corrected chi connectivity index (χ4v) is 1.35. The molecule has 2 amide bonds. The third kappa shape index (κ3) is 4.23. The number of methoxy groups -OCH3 is 1. The maximum atomic E-state index is 11.8. The zero-order valence-electron chi connectivity index (χ0n) is 11.1. The number of esters is 1. The Kier molecular flexibility index (Phi) is 5.45. The van der Waals surface area contributed by atoms with Crippen molar-refractivity contribution in [3.8, 4) is 0 Å². The molecule has 20 heavy (non-hydrogen) atoms. The van der Waals surface area contributed by atoms with Crippen LogP contribution in [0, 0.1) is 0 Å². The van der Waals surface area contributed by atoms with Gasteiger partial charge >= 0.3 is 18.0 Å². The van der Waals surface area contributed by atoms with Gasteiger partial charge in [-0.25, -0.2) is 14.6 Å². The lowest BCUT2D eigenvalue weighted by Crippen LogP contribution is -2.33. The fraction of sp³-hybridized carbons (Fsp3) is 0.333. The maximum Gasteiger partial charge on any atom is 0.356 e. The number of amides is 2. The van der Waals surface area contributed by atoms with E-state index in [0.29, 0.717) is 0 Å². The van der Waals surface area contributed by atoms with Crippen LogP contribution in [0.4, 0.5) is 10.5 Å². The van der Waals surface area contributed by atoms with E-state index in [1.54, 1.807) is 0 Å². The molecule has 0 radical (unpaired) electrons. The van der Waals surface area contributed by atoms with Crippen molar-refractivity contribution < 1.29 is 24.2 Å². The summed E-state index contributed by atoms with van der Waals surface area (Å²) in [6.07, 6.45) is 1.37. The number of urea groups is 1. The molecule has 0 saturated heterocycles. The first-order chi connectivity index (χ1) is 9.45. The average Bonchev–Trinajstić information content (AvgIpc) is 2.44. The van der Waals surface area contributed by atoms with Crippen LogP contribution >= 0.6 is 0 Å². The molecule has 0 aliphatic carbocycles. The van der Waals surface area contributed by atoms with Gasteiger partial charge in [-0.1, -0.05) is 0 Å². The Morgan fingerprint density at radius 1 is 1.45 bits per heavy atom.